The molecule has 0 bridgehead atoms. The van der Waals surface area contributed by atoms with Crippen molar-refractivity contribution in [3.8, 4) is 5.69 Å². The molecule has 0 spiro atoms. The molecule has 9 heteroatoms. The zero-order valence-corrected chi connectivity index (χ0v) is 16.3. The number of aryl methyl sites for hydroxylation is 4. The quantitative estimate of drug-likeness (QED) is 0.693. The molecule has 0 radical (unpaired) electrons. The topological polar surface area (TPSA) is 90.5 Å². The van der Waals surface area contributed by atoms with Crippen LogP contribution in [0.3, 0.4) is 0 Å². The summed E-state index contributed by atoms with van der Waals surface area (Å²) < 4.78 is 3.43. The summed E-state index contributed by atoms with van der Waals surface area (Å²) in [7, 11) is 1.85. The van der Waals surface area contributed by atoms with Crippen molar-refractivity contribution < 1.29 is 4.79 Å². The Balaban J connectivity index is 1.73. The highest BCUT2D eigenvalue weighted by Crippen LogP contribution is 2.24. The van der Waals surface area contributed by atoms with Crippen molar-refractivity contribution >= 4 is 23.4 Å². The normalized spacial score (nSPS) is 11.0. The van der Waals surface area contributed by atoms with E-state index in [1.165, 1.54) is 11.8 Å². The molecule has 2 aromatic heterocycles. The van der Waals surface area contributed by atoms with Crippen LogP contribution in [0.15, 0.2) is 23.4 Å². The zero-order valence-electron chi connectivity index (χ0n) is 15.4. The van der Waals surface area contributed by atoms with Gasteiger partial charge >= 0.3 is 0 Å². The van der Waals surface area contributed by atoms with E-state index < -0.39 is 0 Å². The number of tetrazole rings is 1. The summed E-state index contributed by atoms with van der Waals surface area (Å²) in [6.45, 7) is 7.82. The fraction of sp³-hybridized carbons (Fsp3) is 0.353. The first-order valence-electron chi connectivity index (χ1n) is 8.16. The van der Waals surface area contributed by atoms with E-state index in [-0.39, 0.29) is 11.7 Å². The van der Waals surface area contributed by atoms with Crippen LogP contribution in [-0.4, -0.2) is 41.6 Å². The fourth-order valence-electron chi connectivity index (χ4n) is 2.81. The van der Waals surface area contributed by atoms with Crippen molar-refractivity contribution in [2.75, 3.05) is 11.1 Å². The fourth-order valence-corrected chi connectivity index (χ4v) is 3.49. The number of rotatable bonds is 5. The van der Waals surface area contributed by atoms with Gasteiger partial charge in [0.15, 0.2) is 0 Å². The molecular weight excluding hydrogens is 350 g/mol. The van der Waals surface area contributed by atoms with Gasteiger partial charge in [-0.15, -0.1) is 5.10 Å². The Morgan fingerprint density at radius 2 is 1.88 bits per heavy atom. The van der Waals surface area contributed by atoms with E-state index in [1.54, 1.807) is 9.36 Å². The van der Waals surface area contributed by atoms with Crippen molar-refractivity contribution in [2.45, 2.75) is 32.9 Å². The number of hydrogen-bond donors (Lipinski definition) is 1. The minimum Gasteiger partial charge on any atom is -0.322 e. The van der Waals surface area contributed by atoms with E-state index in [2.05, 4.69) is 25.9 Å². The van der Waals surface area contributed by atoms with E-state index in [0.29, 0.717) is 5.16 Å². The van der Waals surface area contributed by atoms with E-state index in [4.69, 9.17) is 0 Å². The molecule has 1 amide bonds. The standard InChI is InChI=1S/C17H21N7OS/c1-10-7-6-8-11(2)16(10)24-17(19-21-22-24)26-9-14(25)18-15-12(3)20-23(5)13(15)4/h6-8H,9H2,1-5H3,(H,18,25). The molecule has 0 aliphatic heterocycles. The van der Waals surface area contributed by atoms with E-state index in [9.17, 15) is 4.79 Å². The Morgan fingerprint density at radius 1 is 1.19 bits per heavy atom. The third-order valence-electron chi connectivity index (χ3n) is 4.20. The van der Waals surface area contributed by atoms with Crippen molar-refractivity contribution in [3.05, 3.63) is 40.7 Å². The van der Waals surface area contributed by atoms with Crippen LogP contribution < -0.4 is 5.32 Å². The monoisotopic (exact) mass is 371 g/mol. The first-order valence-corrected chi connectivity index (χ1v) is 9.15. The van der Waals surface area contributed by atoms with Crippen LogP contribution >= 0.6 is 11.8 Å². The third-order valence-corrected chi connectivity index (χ3v) is 5.12. The molecule has 3 aromatic rings. The van der Waals surface area contributed by atoms with Gasteiger partial charge in [-0.1, -0.05) is 30.0 Å². The van der Waals surface area contributed by atoms with Gasteiger partial charge in [0.2, 0.25) is 11.1 Å². The Hall–Kier alpha value is -2.68. The molecule has 2 heterocycles. The Labute approximate surface area is 156 Å². The number of nitrogens with one attached hydrogen (secondary N) is 1. The molecular formula is C17H21N7OS. The lowest BCUT2D eigenvalue weighted by Crippen LogP contribution is -2.16. The van der Waals surface area contributed by atoms with Gasteiger partial charge in [0.25, 0.3) is 0 Å². The van der Waals surface area contributed by atoms with Crippen LogP contribution in [0.1, 0.15) is 22.5 Å². The minimum atomic E-state index is -0.120. The average Bonchev–Trinajstić information content (AvgIpc) is 3.13. The second-order valence-corrected chi connectivity index (χ2v) is 7.06. The summed E-state index contributed by atoms with van der Waals surface area (Å²) in [6.07, 6.45) is 0. The maximum absolute atomic E-state index is 12.4. The Morgan fingerprint density at radius 3 is 2.50 bits per heavy atom. The molecule has 0 saturated carbocycles. The van der Waals surface area contributed by atoms with E-state index in [0.717, 1.165) is 33.9 Å². The van der Waals surface area contributed by atoms with Crippen LogP contribution in [0.2, 0.25) is 0 Å². The maximum Gasteiger partial charge on any atom is 0.234 e. The number of hydrogen-bond acceptors (Lipinski definition) is 6. The van der Waals surface area contributed by atoms with Crippen molar-refractivity contribution in [1.82, 2.24) is 30.0 Å². The second-order valence-electron chi connectivity index (χ2n) is 6.12. The number of nitrogens with zero attached hydrogens (tertiary/aromatic N) is 6. The lowest BCUT2D eigenvalue weighted by Gasteiger charge is -2.10. The lowest BCUT2D eigenvalue weighted by atomic mass is 10.1. The highest BCUT2D eigenvalue weighted by atomic mass is 32.2. The predicted octanol–water partition coefficient (Wildman–Crippen LogP) is 2.36. The summed E-state index contributed by atoms with van der Waals surface area (Å²) in [6, 6.07) is 6.02. The molecule has 8 nitrogen and oxygen atoms in total. The molecule has 0 aliphatic carbocycles. The van der Waals surface area contributed by atoms with Gasteiger partial charge in [-0.05, 0) is 49.2 Å². The average molecular weight is 371 g/mol. The van der Waals surface area contributed by atoms with Gasteiger partial charge in [0, 0.05) is 7.05 Å². The molecule has 1 N–H and O–H groups in total. The van der Waals surface area contributed by atoms with Crippen LogP contribution in [0, 0.1) is 27.7 Å². The van der Waals surface area contributed by atoms with Crippen molar-refractivity contribution in [1.29, 1.82) is 0 Å². The van der Waals surface area contributed by atoms with Crippen LogP contribution in [0.4, 0.5) is 5.69 Å². The van der Waals surface area contributed by atoms with Crippen molar-refractivity contribution in [2.24, 2.45) is 7.05 Å². The molecule has 1 aromatic carbocycles. The number of amides is 1. The highest BCUT2D eigenvalue weighted by Gasteiger charge is 2.16. The maximum atomic E-state index is 12.4. The molecule has 136 valence electrons. The molecule has 26 heavy (non-hydrogen) atoms. The molecule has 0 saturated heterocycles. The Bertz CT molecular complexity index is 940. The van der Waals surface area contributed by atoms with E-state index >= 15 is 0 Å². The van der Waals surface area contributed by atoms with Gasteiger partial charge in [-0.25, -0.2) is 0 Å². The largest absolute Gasteiger partial charge is 0.322 e. The number of benzene rings is 1. The first-order chi connectivity index (χ1) is 12.4. The van der Waals surface area contributed by atoms with Gasteiger partial charge in [-0.3, -0.25) is 9.48 Å². The smallest absolute Gasteiger partial charge is 0.234 e. The highest BCUT2D eigenvalue weighted by molar-refractivity contribution is 7.99. The molecule has 3 rings (SSSR count). The first kappa shape index (κ1) is 18.1. The van der Waals surface area contributed by atoms with Crippen molar-refractivity contribution in [3.63, 3.8) is 0 Å². The number of carbonyl (C=O) groups is 1. The zero-order chi connectivity index (χ0) is 18.8. The van der Waals surface area contributed by atoms with Gasteiger partial charge < -0.3 is 5.32 Å². The number of thioether (sulfide) groups is 1. The molecule has 0 aliphatic rings. The Kier molecular flexibility index (Phi) is 5.08. The molecule has 0 atom stereocenters. The van der Waals surface area contributed by atoms with Gasteiger partial charge in [-0.2, -0.15) is 9.78 Å². The van der Waals surface area contributed by atoms with Crippen LogP contribution in [0.5, 0.6) is 0 Å². The summed E-state index contributed by atoms with van der Waals surface area (Å²) in [4.78, 5) is 12.4. The van der Waals surface area contributed by atoms with Crippen LogP contribution in [0.25, 0.3) is 5.69 Å². The number of para-hydroxylation sites is 1. The van der Waals surface area contributed by atoms with Crippen LogP contribution in [-0.2, 0) is 11.8 Å². The second kappa shape index (κ2) is 7.28. The SMILES string of the molecule is Cc1cccc(C)c1-n1nnnc1SCC(=O)Nc1c(C)nn(C)c1C. The summed E-state index contributed by atoms with van der Waals surface area (Å²) in [5, 5.41) is 19.7. The summed E-state index contributed by atoms with van der Waals surface area (Å²) in [5.74, 6) is 0.0873. The molecule has 0 unspecified atom stereocenters. The summed E-state index contributed by atoms with van der Waals surface area (Å²) >= 11 is 1.30. The van der Waals surface area contributed by atoms with Gasteiger partial charge in [0.05, 0.1) is 28.5 Å². The molecule has 0 fully saturated rings. The minimum absolute atomic E-state index is 0.120. The lowest BCUT2D eigenvalue weighted by molar-refractivity contribution is -0.113. The number of anilines is 1. The number of carbonyl (C=O) groups excluding carboxylic acids is 1. The van der Waals surface area contributed by atoms with Gasteiger partial charge in [0.1, 0.15) is 0 Å². The van der Waals surface area contributed by atoms with E-state index in [1.807, 2.05) is 52.9 Å². The summed E-state index contributed by atoms with van der Waals surface area (Å²) in [5.41, 5.74) is 5.56. The third kappa shape index (κ3) is 3.48. The predicted molar refractivity (Wildman–Crippen MR) is 101 cm³/mol. The number of aromatic nitrogens is 6.